The van der Waals surface area contributed by atoms with E-state index < -0.39 is 0 Å². The van der Waals surface area contributed by atoms with Gasteiger partial charge < -0.3 is 10.6 Å². The number of aromatic nitrogens is 1. The highest BCUT2D eigenvalue weighted by Gasteiger charge is 2.15. The van der Waals surface area contributed by atoms with Gasteiger partial charge in [-0.05, 0) is 60.2 Å². The second-order valence-electron chi connectivity index (χ2n) is 7.88. The summed E-state index contributed by atoms with van der Waals surface area (Å²) in [6.07, 6.45) is 14.2. The van der Waals surface area contributed by atoms with E-state index in [1.165, 1.54) is 12.8 Å². The first-order chi connectivity index (χ1) is 15.6. The highest BCUT2D eigenvalue weighted by molar-refractivity contribution is 5.98. The molecule has 166 valence electrons. The minimum atomic E-state index is -0.307. The Morgan fingerprint density at radius 2 is 1.88 bits per heavy atom. The van der Waals surface area contributed by atoms with Gasteiger partial charge in [0.25, 0.3) is 11.8 Å². The molecule has 3 rings (SSSR count). The zero-order valence-corrected chi connectivity index (χ0v) is 18.9. The molecule has 5 heteroatoms. The largest absolute Gasteiger partial charge is 0.354 e. The first-order valence-corrected chi connectivity index (χ1v) is 11.3. The molecule has 1 aromatic carbocycles. The molecule has 5 nitrogen and oxygen atoms in total. The van der Waals surface area contributed by atoms with E-state index >= 15 is 0 Å². The first-order valence-electron chi connectivity index (χ1n) is 11.3. The van der Waals surface area contributed by atoms with Crippen LogP contribution in [-0.4, -0.2) is 30.4 Å². The van der Waals surface area contributed by atoms with Crippen molar-refractivity contribution in [2.75, 3.05) is 13.6 Å². The lowest BCUT2D eigenvalue weighted by atomic mass is 9.98. The molecule has 0 radical (unpaired) electrons. The molecule has 2 amide bonds. The van der Waals surface area contributed by atoms with Crippen molar-refractivity contribution < 1.29 is 9.59 Å². The summed E-state index contributed by atoms with van der Waals surface area (Å²) in [4.78, 5) is 29.5. The number of carbonyl (C=O) groups excluding carboxylic acids is 2. The van der Waals surface area contributed by atoms with Crippen LogP contribution in [0, 0.1) is 0 Å². The second kappa shape index (κ2) is 11.8. The molecule has 0 aliphatic heterocycles. The van der Waals surface area contributed by atoms with Gasteiger partial charge in [0.05, 0.1) is 0 Å². The quantitative estimate of drug-likeness (QED) is 0.258. The number of benzene rings is 1. The second-order valence-corrected chi connectivity index (χ2v) is 7.88. The van der Waals surface area contributed by atoms with E-state index in [9.17, 15) is 9.59 Å². The van der Waals surface area contributed by atoms with Gasteiger partial charge >= 0.3 is 0 Å². The smallest absolute Gasteiger partial charge is 0.269 e. The van der Waals surface area contributed by atoms with Gasteiger partial charge in [-0.2, -0.15) is 0 Å². The molecule has 1 aromatic heterocycles. The van der Waals surface area contributed by atoms with Crippen molar-refractivity contribution in [3.8, 4) is 0 Å². The Bertz CT molecular complexity index is 1060. The number of rotatable bonds is 11. The summed E-state index contributed by atoms with van der Waals surface area (Å²) in [7, 11) is 1.56. The highest BCUT2D eigenvalue weighted by Crippen LogP contribution is 2.24. The summed E-state index contributed by atoms with van der Waals surface area (Å²) in [5.74, 6) is -0.494. The third-order valence-electron chi connectivity index (χ3n) is 5.39. The molecule has 2 aromatic rings. The van der Waals surface area contributed by atoms with Crippen LogP contribution in [0.2, 0.25) is 0 Å². The van der Waals surface area contributed by atoms with E-state index in [0.717, 1.165) is 36.0 Å². The van der Waals surface area contributed by atoms with E-state index in [1.807, 2.05) is 30.4 Å². The number of unbranched alkanes of at least 4 members (excludes halogenated alkanes) is 3. The van der Waals surface area contributed by atoms with Gasteiger partial charge in [-0.25, -0.2) is 4.98 Å². The third-order valence-corrected chi connectivity index (χ3v) is 5.39. The van der Waals surface area contributed by atoms with Crippen molar-refractivity contribution in [3.05, 3.63) is 81.9 Å². The molecule has 32 heavy (non-hydrogen) atoms. The van der Waals surface area contributed by atoms with Crippen molar-refractivity contribution in [1.82, 2.24) is 15.6 Å². The number of pyridine rings is 1. The molecule has 1 aliphatic rings. The van der Waals surface area contributed by atoms with Gasteiger partial charge in [0, 0.05) is 31.3 Å². The minimum Gasteiger partial charge on any atom is -0.354 e. The molecule has 0 spiro atoms. The van der Waals surface area contributed by atoms with Gasteiger partial charge in [-0.1, -0.05) is 50.1 Å². The number of amides is 2. The molecule has 0 bridgehead atoms. The van der Waals surface area contributed by atoms with Crippen molar-refractivity contribution in [1.29, 1.82) is 0 Å². The lowest BCUT2D eigenvalue weighted by Gasteiger charge is -2.11. The van der Waals surface area contributed by atoms with E-state index in [1.54, 1.807) is 19.2 Å². The predicted molar refractivity (Wildman–Crippen MR) is 130 cm³/mol. The number of fused-ring (bicyclic) bond motifs is 1. The minimum absolute atomic E-state index is 0.186. The first kappa shape index (κ1) is 23.2. The zero-order valence-electron chi connectivity index (χ0n) is 18.9. The van der Waals surface area contributed by atoms with Crippen LogP contribution in [0.25, 0.3) is 12.2 Å². The average Bonchev–Trinajstić information content (AvgIpc) is 3.30. The topological polar surface area (TPSA) is 71.1 Å². The highest BCUT2D eigenvalue weighted by atomic mass is 16.2. The average molecular weight is 430 g/mol. The molecule has 0 atom stereocenters. The van der Waals surface area contributed by atoms with Crippen LogP contribution in [0.15, 0.2) is 48.2 Å². The normalized spacial score (nSPS) is 11.7. The maximum atomic E-state index is 12.8. The summed E-state index contributed by atoms with van der Waals surface area (Å²) in [6.45, 7) is 2.77. The summed E-state index contributed by atoms with van der Waals surface area (Å²) < 4.78 is 0. The lowest BCUT2D eigenvalue weighted by Crippen LogP contribution is -2.26. The van der Waals surface area contributed by atoms with Crippen molar-refractivity contribution in [2.45, 2.75) is 45.4 Å². The van der Waals surface area contributed by atoms with E-state index in [-0.39, 0.29) is 17.5 Å². The van der Waals surface area contributed by atoms with Crippen LogP contribution >= 0.6 is 0 Å². The van der Waals surface area contributed by atoms with Gasteiger partial charge in [-0.3, -0.25) is 9.59 Å². The molecule has 1 heterocycles. The van der Waals surface area contributed by atoms with Gasteiger partial charge in [0.1, 0.15) is 5.69 Å². The van der Waals surface area contributed by atoms with E-state index in [2.05, 4.69) is 40.4 Å². The standard InChI is InChI=1S/C27H31N3O2/c1-3-4-5-6-7-8-9-16-29-26(31)22-18-23(30-25(19-22)27(32)28-2)17-21-14-10-12-20-13-11-15-24(20)21/h6-7,10,12-15,18-19H,3-5,8-9,16-17H2,1-2H3,(H,28,32)(H,29,31)/b7-6-. The molecule has 1 aliphatic carbocycles. The van der Waals surface area contributed by atoms with Crippen molar-refractivity contribution in [3.63, 3.8) is 0 Å². The fourth-order valence-electron chi connectivity index (χ4n) is 3.63. The monoisotopic (exact) mass is 429 g/mol. The third kappa shape index (κ3) is 6.29. The molecule has 0 unspecified atom stereocenters. The van der Waals surface area contributed by atoms with Crippen LogP contribution in [0.5, 0.6) is 0 Å². The van der Waals surface area contributed by atoms with Crippen molar-refractivity contribution in [2.24, 2.45) is 0 Å². The summed E-state index contributed by atoms with van der Waals surface area (Å²) in [6, 6.07) is 9.41. The number of nitrogens with zero attached hydrogens (tertiary/aromatic N) is 1. The Kier molecular flexibility index (Phi) is 8.59. The van der Waals surface area contributed by atoms with Crippen LogP contribution in [0.3, 0.4) is 0 Å². The molecular weight excluding hydrogens is 398 g/mol. The fourth-order valence-corrected chi connectivity index (χ4v) is 3.63. The Hall–Kier alpha value is -3.43. The number of hydrogen-bond acceptors (Lipinski definition) is 3. The van der Waals surface area contributed by atoms with Crippen LogP contribution in [-0.2, 0) is 6.42 Å². The maximum Gasteiger partial charge on any atom is 0.269 e. The molecule has 0 fully saturated rings. The van der Waals surface area contributed by atoms with E-state index in [0.29, 0.717) is 24.2 Å². The van der Waals surface area contributed by atoms with Gasteiger partial charge in [0.2, 0.25) is 0 Å². The lowest BCUT2D eigenvalue weighted by molar-refractivity contribution is 0.0953. The Morgan fingerprint density at radius 3 is 2.66 bits per heavy atom. The summed E-state index contributed by atoms with van der Waals surface area (Å²) >= 11 is 0. The van der Waals surface area contributed by atoms with Gasteiger partial charge in [0.15, 0.2) is 0 Å². The van der Waals surface area contributed by atoms with Crippen molar-refractivity contribution >= 4 is 24.0 Å². The number of carbonyl (C=O) groups is 2. The number of nitrogens with one attached hydrogen (secondary N) is 2. The van der Waals surface area contributed by atoms with E-state index in [4.69, 9.17) is 0 Å². The molecular formula is C27H31N3O2. The summed E-state index contributed by atoms with van der Waals surface area (Å²) in [5.41, 5.74) is 7.82. The maximum absolute atomic E-state index is 12.8. The number of hydrogen-bond donors (Lipinski definition) is 2. The van der Waals surface area contributed by atoms with Crippen LogP contribution in [0.4, 0.5) is 0 Å². The zero-order chi connectivity index (χ0) is 22.8. The molecule has 2 N–H and O–H groups in total. The van der Waals surface area contributed by atoms with Crippen LogP contribution in [0.1, 0.15) is 82.3 Å². The van der Waals surface area contributed by atoms with Crippen LogP contribution < -0.4 is 10.6 Å². The fraction of sp³-hybridized carbons (Fsp3) is 0.333. The molecule has 0 saturated carbocycles. The SMILES string of the molecule is CCCC/C=C\CCCNC(=O)c1cc(Cc2cccc3c2C=C=C3)nc(C(=O)NC)c1. The Balaban J connectivity index is 1.68. The molecule has 0 saturated heterocycles. The Labute approximate surface area is 190 Å². The predicted octanol–water partition coefficient (Wildman–Crippen LogP) is 4.93. The van der Waals surface area contributed by atoms with Gasteiger partial charge in [-0.15, -0.1) is 5.73 Å². The Morgan fingerprint density at radius 1 is 1.06 bits per heavy atom. The summed E-state index contributed by atoms with van der Waals surface area (Å²) in [5, 5.41) is 5.56. The number of allylic oxidation sites excluding steroid dienone is 2.